The van der Waals surface area contributed by atoms with Crippen molar-refractivity contribution in [1.82, 2.24) is 14.2 Å². The molecule has 8 nitrogen and oxygen atoms in total. The van der Waals surface area contributed by atoms with Crippen LogP contribution in [0.2, 0.25) is 0 Å². The third-order valence-corrected chi connectivity index (χ3v) is 4.97. The summed E-state index contributed by atoms with van der Waals surface area (Å²) in [4.78, 5) is 22.1. The first kappa shape index (κ1) is 14.5. The van der Waals surface area contributed by atoms with Crippen LogP contribution in [0.1, 0.15) is 16.9 Å². The van der Waals surface area contributed by atoms with Crippen molar-refractivity contribution in [1.29, 1.82) is 0 Å². The molecule has 2 rings (SSSR count). The minimum Gasteiger partial charge on any atom is -0.477 e. The summed E-state index contributed by atoms with van der Waals surface area (Å²) in [6.07, 6.45) is 1.36. The molecule has 2 heterocycles. The van der Waals surface area contributed by atoms with Gasteiger partial charge in [0.05, 0.1) is 0 Å². The second kappa shape index (κ2) is 5.25. The lowest BCUT2D eigenvalue weighted by molar-refractivity contribution is -0.120. The molecule has 110 valence electrons. The van der Waals surface area contributed by atoms with Gasteiger partial charge in [-0.25, -0.2) is 13.2 Å². The lowest BCUT2D eigenvalue weighted by atomic mass is 10.4. The number of carbonyl (C=O) groups excluding carboxylic acids is 1. The number of hydrogen-bond acceptors (Lipinski definition) is 4. The Morgan fingerprint density at radius 2 is 2.10 bits per heavy atom. The topological polar surface area (TPSA) is 109 Å². The van der Waals surface area contributed by atoms with Gasteiger partial charge < -0.3 is 15.0 Å². The molecule has 0 aromatic carbocycles. The number of aryl methyl sites for hydroxylation is 1. The number of carbonyl (C=O) groups is 2. The van der Waals surface area contributed by atoms with Crippen LogP contribution < -0.4 is 5.32 Å². The molecule has 0 saturated carbocycles. The van der Waals surface area contributed by atoms with Gasteiger partial charge in [-0.15, -0.1) is 0 Å². The van der Waals surface area contributed by atoms with Crippen molar-refractivity contribution in [3.63, 3.8) is 0 Å². The zero-order valence-electron chi connectivity index (χ0n) is 10.9. The predicted molar refractivity (Wildman–Crippen MR) is 68.8 cm³/mol. The molecular formula is C11H15N3O5S. The minimum absolute atomic E-state index is 0.0771. The monoisotopic (exact) mass is 301 g/mol. The molecule has 0 unspecified atom stereocenters. The minimum atomic E-state index is -3.79. The second-order valence-corrected chi connectivity index (χ2v) is 6.42. The maximum absolute atomic E-state index is 12.4. The summed E-state index contributed by atoms with van der Waals surface area (Å²) in [5, 5.41) is 11.5. The van der Waals surface area contributed by atoms with E-state index in [-0.39, 0.29) is 42.6 Å². The van der Waals surface area contributed by atoms with Crippen LogP contribution in [0, 0.1) is 0 Å². The smallest absolute Gasteiger partial charge is 0.352 e. The highest BCUT2D eigenvalue weighted by Crippen LogP contribution is 2.19. The number of carboxylic acid groups (broad SMARTS) is 1. The van der Waals surface area contributed by atoms with Gasteiger partial charge >= 0.3 is 5.97 Å². The van der Waals surface area contributed by atoms with Gasteiger partial charge in [0, 0.05) is 39.3 Å². The first-order chi connectivity index (χ1) is 9.32. The summed E-state index contributed by atoms with van der Waals surface area (Å²) in [7, 11) is -2.32. The Bertz CT molecular complexity index is 649. The summed E-state index contributed by atoms with van der Waals surface area (Å²) >= 11 is 0. The summed E-state index contributed by atoms with van der Waals surface area (Å²) in [6, 6.07) is 1.12. The van der Waals surface area contributed by atoms with Gasteiger partial charge in [-0.2, -0.15) is 4.31 Å². The Labute approximate surface area is 116 Å². The van der Waals surface area contributed by atoms with E-state index in [1.807, 2.05) is 0 Å². The van der Waals surface area contributed by atoms with Gasteiger partial charge in [0.2, 0.25) is 15.9 Å². The molecule has 20 heavy (non-hydrogen) atoms. The van der Waals surface area contributed by atoms with E-state index in [4.69, 9.17) is 5.11 Å². The molecule has 1 saturated heterocycles. The molecule has 2 N–H and O–H groups in total. The number of amides is 1. The van der Waals surface area contributed by atoms with E-state index in [0.717, 1.165) is 6.07 Å². The molecule has 1 aromatic heterocycles. The van der Waals surface area contributed by atoms with Crippen molar-refractivity contribution < 1.29 is 23.1 Å². The highest BCUT2D eigenvalue weighted by atomic mass is 32.2. The average Bonchev–Trinajstić information content (AvgIpc) is 2.62. The van der Waals surface area contributed by atoms with Crippen LogP contribution in [-0.4, -0.2) is 53.9 Å². The van der Waals surface area contributed by atoms with Crippen LogP contribution in [0.5, 0.6) is 0 Å². The number of nitrogens with one attached hydrogen (secondary N) is 1. The maximum atomic E-state index is 12.4. The molecule has 0 atom stereocenters. The van der Waals surface area contributed by atoms with Crippen molar-refractivity contribution in [2.45, 2.75) is 11.3 Å². The molecule has 1 amide bonds. The first-order valence-corrected chi connectivity index (χ1v) is 7.43. The van der Waals surface area contributed by atoms with E-state index in [2.05, 4.69) is 5.32 Å². The average molecular weight is 301 g/mol. The number of aromatic carboxylic acids is 1. The van der Waals surface area contributed by atoms with Crippen LogP contribution in [0.25, 0.3) is 0 Å². The molecular weight excluding hydrogens is 286 g/mol. The van der Waals surface area contributed by atoms with E-state index < -0.39 is 16.0 Å². The van der Waals surface area contributed by atoms with Crippen molar-refractivity contribution in [2.24, 2.45) is 7.05 Å². The highest BCUT2D eigenvalue weighted by molar-refractivity contribution is 7.89. The molecule has 1 fully saturated rings. The zero-order chi connectivity index (χ0) is 14.9. The normalized spacial score (nSPS) is 17.6. The van der Waals surface area contributed by atoms with Crippen LogP contribution in [0.3, 0.4) is 0 Å². The van der Waals surface area contributed by atoms with Crippen molar-refractivity contribution in [2.75, 3.05) is 19.6 Å². The molecule has 0 aliphatic carbocycles. The van der Waals surface area contributed by atoms with Crippen molar-refractivity contribution in [3.8, 4) is 0 Å². The van der Waals surface area contributed by atoms with Gasteiger partial charge in [0.25, 0.3) is 0 Å². The SMILES string of the molecule is Cn1cc(S(=O)(=O)N2CCNC(=O)CC2)cc1C(=O)O. The van der Waals surface area contributed by atoms with Gasteiger partial charge in [-0.3, -0.25) is 4.79 Å². The molecule has 0 radical (unpaired) electrons. The zero-order valence-corrected chi connectivity index (χ0v) is 11.7. The number of rotatable bonds is 3. The Hall–Kier alpha value is -1.87. The lowest BCUT2D eigenvalue weighted by Crippen LogP contribution is -2.34. The third-order valence-electron chi connectivity index (χ3n) is 3.11. The fourth-order valence-corrected chi connectivity index (χ4v) is 3.54. The van der Waals surface area contributed by atoms with E-state index >= 15 is 0 Å². The quantitative estimate of drug-likeness (QED) is 0.762. The van der Waals surface area contributed by atoms with Crippen LogP contribution in [0.4, 0.5) is 0 Å². The number of sulfonamides is 1. The van der Waals surface area contributed by atoms with Gasteiger partial charge in [0.1, 0.15) is 10.6 Å². The van der Waals surface area contributed by atoms with E-state index in [1.165, 1.54) is 22.1 Å². The van der Waals surface area contributed by atoms with E-state index in [0.29, 0.717) is 0 Å². The predicted octanol–water partition coefficient (Wildman–Crippen LogP) is -0.766. The summed E-state index contributed by atoms with van der Waals surface area (Å²) in [6.45, 7) is 0.507. The molecule has 0 bridgehead atoms. The standard InChI is InChI=1S/C11H15N3O5S/c1-13-7-8(6-9(13)11(16)17)20(18,19)14-4-2-10(15)12-3-5-14/h6-7H,2-5H2,1H3,(H,12,15)(H,16,17). The van der Waals surface area contributed by atoms with Gasteiger partial charge in [-0.05, 0) is 6.07 Å². The molecule has 1 aromatic rings. The maximum Gasteiger partial charge on any atom is 0.352 e. The van der Waals surface area contributed by atoms with Crippen LogP contribution >= 0.6 is 0 Å². The Balaban J connectivity index is 2.32. The molecule has 1 aliphatic heterocycles. The van der Waals surface area contributed by atoms with Crippen molar-refractivity contribution >= 4 is 21.9 Å². The molecule has 0 spiro atoms. The van der Waals surface area contributed by atoms with Crippen LogP contribution in [-0.2, 0) is 21.9 Å². The Morgan fingerprint density at radius 3 is 2.70 bits per heavy atom. The second-order valence-electron chi connectivity index (χ2n) is 4.48. The fraction of sp³-hybridized carbons (Fsp3) is 0.455. The first-order valence-electron chi connectivity index (χ1n) is 5.99. The van der Waals surface area contributed by atoms with E-state index in [1.54, 1.807) is 0 Å². The summed E-state index contributed by atoms with van der Waals surface area (Å²) in [5.41, 5.74) is -0.104. The molecule has 9 heteroatoms. The van der Waals surface area contributed by atoms with Gasteiger partial charge in [-0.1, -0.05) is 0 Å². The lowest BCUT2D eigenvalue weighted by Gasteiger charge is -2.18. The number of hydrogen-bond donors (Lipinski definition) is 2. The third kappa shape index (κ3) is 2.68. The summed E-state index contributed by atoms with van der Waals surface area (Å²) in [5.74, 6) is -1.39. The van der Waals surface area contributed by atoms with Gasteiger partial charge in [0.15, 0.2) is 0 Å². The Morgan fingerprint density at radius 1 is 1.40 bits per heavy atom. The summed E-state index contributed by atoms with van der Waals surface area (Å²) < 4.78 is 27.3. The highest BCUT2D eigenvalue weighted by Gasteiger charge is 2.29. The van der Waals surface area contributed by atoms with Crippen molar-refractivity contribution in [3.05, 3.63) is 18.0 Å². The fourth-order valence-electron chi connectivity index (χ4n) is 2.02. The number of carboxylic acids is 1. The molecule has 1 aliphatic rings. The van der Waals surface area contributed by atoms with Crippen LogP contribution in [0.15, 0.2) is 17.2 Å². The Kier molecular flexibility index (Phi) is 3.82. The largest absolute Gasteiger partial charge is 0.477 e. The number of aromatic nitrogens is 1. The number of nitrogens with zero attached hydrogens (tertiary/aromatic N) is 2. The van der Waals surface area contributed by atoms with E-state index in [9.17, 15) is 18.0 Å².